The van der Waals surface area contributed by atoms with E-state index in [-0.39, 0.29) is 22.6 Å². The summed E-state index contributed by atoms with van der Waals surface area (Å²) in [6.45, 7) is 6.88. The smallest absolute Gasteiger partial charge is 0.153 e. The van der Waals surface area contributed by atoms with Gasteiger partial charge in [-0.15, -0.1) is 0 Å². The molecule has 8 nitrogen and oxygen atoms in total. The second-order valence-corrected chi connectivity index (χ2v) is 10.0. The van der Waals surface area contributed by atoms with E-state index in [0.29, 0.717) is 63.0 Å². The summed E-state index contributed by atoms with van der Waals surface area (Å²) >= 11 is 0. The first kappa shape index (κ1) is 28.6. The lowest BCUT2D eigenvalue weighted by atomic mass is 10.0. The highest BCUT2D eigenvalue weighted by Gasteiger charge is 2.18. The van der Waals surface area contributed by atoms with Crippen molar-refractivity contribution in [3.63, 3.8) is 0 Å². The number of aromatic hydroxyl groups is 2. The minimum atomic E-state index is -0.0111. The fourth-order valence-corrected chi connectivity index (χ4v) is 4.82. The van der Waals surface area contributed by atoms with Crippen LogP contribution in [0.3, 0.4) is 0 Å². The van der Waals surface area contributed by atoms with E-state index in [4.69, 9.17) is 0 Å². The molecule has 0 amide bonds. The Kier molecular flexibility index (Phi) is 9.72. The minimum Gasteiger partial charge on any atom is -0.507 e. The van der Waals surface area contributed by atoms with E-state index in [2.05, 4.69) is 19.8 Å². The molecule has 0 radical (unpaired) electrons. The molecule has 0 atom stereocenters. The quantitative estimate of drug-likeness (QED) is 0.233. The number of hydrogen-bond donors (Lipinski definition) is 2. The Hall–Kier alpha value is -4.40. The highest BCUT2D eigenvalue weighted by atomic mass is 16.3. The highest BCUT2D eigenvalue weighted by molar-refractivity contribution is 5.81. The molecule has 0 fully saturated rings. The number of aryl methyl sites for hydroxylation is 2. The topological polar surface area (TPSA) is 107 Å². The van der Waals surface area contributed by atoms with Crippen molar-refractivity contribution in [2.24, 2.45) is 0 Å². The van der Waals surface area contributed by atoms with Gasteiger partial charge in [-0.1, -0.05) is 24.3 Å². The Bertz CT molecular complexity index is 1330. The van der Waals surface area contributed by atoms with Crippen molar-refractivity contribution in [3.8, 4) is 11.5 Å². The van der Waals surface area contributed by atoms with Gasteiger partial charge in [0.2, 0.25) is 0 Å². The van der Waals surface area contributed by atoms with Crippen molar-refractivity contribution in [1.82, 2.24) is 19.8 Å². The molecule has 2 aromatic carbocycles. The molecule has 0 bridgehead atoms. The first-order chi connectivity index (χ1) is 19.4. The van der Waals surface area contributed by atoms with E-state index >= 15 is 0 Å². The number of pyridine rings is 2. The molecule has 40 heavy (non-hydrogen) atoms. The minimum absolute atomic E-state index is 0.0111. The second-order valence-electron chi connectivity index (χ2n) is 10.0. The number of benzene rings is 2. The van der Waals surface area contributed by atoms with Crippen LogP contribution in [0.2, 0.25) is 0 Å². The zero-order valence-electron chi connectivity index (χ0n) is 22.8. The molecule has 0 aliphatic heterocycles. The van der Waals surface area contributed by atoms with Crippen LogP contribution < -0.4 is 0 Å². The van der Waals surface area contributed by atoms with Crippen molar-refractivity contribution in [2.75, 3.05) is 13.1 Å². The Morgan fingerprint density at radius 3 is 1.43 bits per heavy atom. The van der Waals surface area contributed by atoms with Gasteiger partial charge in [-0.25, -0.2) is 0 Å². The monoisotopic (exact) mass is 538 g/mol. The number of hydrogen-bond acceptors (Lipinski definition) is 8. The molecule has 2 N–H and O–H groups in total. The molecule has 0 saturated carbocycles. The normalized spacial score (nSPS) is 11.2. The molecule has 0 aliphatic carbocycles. The number of aromatic nitrogens is 2. The molecule has 206 valence electrons. The molecular weight excluding hydrogens is 504 g/mol. The van der Waals surface area contributed by atoms with Gasteiger partial charge in [-0.2, -0.15) is 0 Å². The zero-order valence-corrected chi connectivity index (χ0v) is 22.8. The molecule has 0 spiro atoms. The van der Waals surface area contributed by atoms with Gasteiger partial charge in [-0.05, 0) is 61.4 Å². The van der Waals surface area contributed by atoms with Gasteiger partial charge < -0.3 is 10.2 Å². The number of nitrogens with zero attached hydrogens (tertiary/aromatic N) is 4. The average molecular weight is 539 g/mol. The van der Waals surface area contributed by atoms with Crippen molar-refractivity contribution in [2.45, 2.75) is 40.0 Å². The summed E-state index contributed by atoms with van der Waals surface area (Å²) in [5, 5.41) is 21.5. The molecule has 2 aromatic heterocycles. The van der Waals surface area contributed by atoms with E-state index in [1.165, 1.54) is 0 Å². The van der Waals surface area contributed by atoms with Crippen molar-refractivity contribution in [3.05, 3.63) is 118 Å². The van der Waals surface area contributed by atoms with Crippen molar-refractivity contribution < 1.29 is 19.8 Å². The van der Waals surface area contributed by atoms with Gasteiger partial charge in [-0.3, -0.25) is 29.4 Å². The summed E-state index contributed by atoms with van der Waals surface area (Å²) in [7, 11) is 0. The maximum absolute atomic E-state index is 11.5. The summed E-state index contributed by atoms with van der Waals surface area (Å²) in [4.78, 5) is 36.4. The van der Waals surface area contributed by atoms with Crippen LogP contribution in [0, 0.1) is 13.8 Å². The third kappa shape index (κ3) is 7.59. The van der Waals surface area contributed by atoms with E-state index in [0.717, 1.165) is 22.5 Å². The van der Waals surface area contributed by atoms with Crippen LogP contribution in [0.25, 0.3) is 0 Å². The third-order valence-corrected chi connectivity index (χ3v) is 6.72. The predicted molar refractivity (Wildman–Crippen MR) is 153 cm³/mol. The average Bonchev–Trinajstić information content (AvgIpc) is 2.96. The summed E-state index contributed by atoms with van der Waals surface area (Å²) in [5.74, 6) is -0.0222. The third-order valence-electron chi connectivity index (χ3n) is 6.72. The number of phenolic OH excluding ortho intramolecular Hbond substituents is 2. The lowest BCUT2D eigenvalue weighted by Crippen LogP contribution is -2.34. The number of rotatable bonds is 13. The van der Waals surface area contributed by atoms with Crippen molar-refractivity contribution in [1.29, 1.82) is 0 Å². The van der Waals surface area contributed by atoms with Crippen LogP contribution in [0.4, 0.5) is 0 Å². The standard InChI is InChI=1S/C32H34N4O4/c1-23-13-25(31(39)27(15-23)21-37)17-35(19-29-7-3-5-9-33-29)11-12-36(20-30-8-4-6-10-34-30)18-26-14-24(2)16-28(22-38)32(26)40/h3-10,13-16,21-22,39-40H,11-12,17-20H2,1-2H3. The van der Waals surface area contributed by atoms with E-state index in [9.17, 15) is 19.8 Å². The Labute approximate surface area is 234 Å². The van der Waals surface area contributed by atoms with Gasteiger partial charge in [0.1, 0.15) is 11.5 Å². The molecule has 8 heteroatoms. The lowest BCUT2D eigenvalue weighted by molar-refractivity contribution is 0.111. The summed E-state index contributed by atoms with van der Waals surface area (Å²) in [6, 6.07) is 18.7. The highest BCUT2D eigenvalue weighted by Crippen LogP contribution is 2.27. The second kappa shape index (κ2) is 13.6. The zero-order chi connectivity index (χ0) is 28.5. The number of aldehydes is 2. The van der Waals surface area contributed by atoms with E-state index in [1.54, 1.807) is 24.5 Å². The molecule has 4 aromatic rings. The van der Waals surface area contributed by atoms with Gasteiger partial charge in [0, 0.05) is 62.8 Å². The molecule has 0 aliphatic rings. The predicted octanol–water partition coefficient (Wildman–Crippen LogP) is 4.83. The van der Waals surface area contributed by atoms with Crippen LogP contribution >= 0.6 is 0 Å². The molecular formula is C32H34N4O4. The maximum atomic E-state index is 11.5. The Morgan fingerprint density at radius 2 is 1.07 bits per heavy atom. The molecule has 0 unspecified atom stereocenters. The number of carbonyl (C=O) groups is 2. The summed E-state index contributed by atoms with van der Waals surface area (Å²) in [6.07, 6.45) is 4.85. The first-order valence-electron chi connectivity index (χ1n) is 13.2. The van der Waals surface area contributed by atoms with Gasteiger partial charge in [0.05, 0.1) is 22.5 Å². The molecule has 0 saturated heterocycles. The van der Waals surface area contributed by atoms with Crippen LogP contribution in [0.5, 0.6) is 11.5 Å². The largest absolute Gasteiger partial charge is 0.507 e. The van der Waals surface area contributed by atoms with Crippen LogP contribution in [0.15, 0.2) is 73.1 Å². The summed E-state index contributed by atoms with van der Waals surface area (Å²) in [5.41, 5.74) is 5.43. The van der Waals surface area contributed by atoms with E-state index in [1.807, 2.05) is 62.4 Å². The Morgan fingerprint density at radius 1 is 0.650 bits per heavy atom. The molecule has 4 rings (SSSR count). The van der Waals surface area contributed by atoms with E-state index < -0.39 is 0 Å². The summed E-state index contributed by atoms with van der Waals surface area (Å²) < 4.78 is 0. The Balaban J connectivity index is 1.61. The van der Waals surface area contributed by atoms with Gasteiger partial charge >= 0.3 is 0 Å². The SMILES string of the molecule is Cc1cc(C=O)c(O)c(CN(CCN(Cc2ccccn2)Cc2cc(C)cc(C=O)c2O)Cc2ccccn2)c1. The lowest BCUT2D eigenvalue weighted by Gasteiger charge is -2.28. The molecule has 2 heterocycles. The fourth-order valence-electron chi connectivity index (χ4n) is 4.82. The fraction of sp³-hybridized carbons (Fsp3) is 0.250. The first-order valence-corrected chi connectivity index (χ1v) is 13.2. The van der Waals surface area contributed by atoms with Gasteiger partial charge in [0.25, 0.3) is 0 Å². The van der Waals surface area contributed by atoms with Crippen LogP contribution in [-0.4, -0.2) is 55.6 Å². The maximum Gasteiger partial charge on any atom is 0.153 e. The number of phenols is 2. The van der Waals surface area contributed by atoms with Crippen LogP contribution in [-0.2, 0) is 26.2 Å². The van der Waals surface area contributed by atoms with Gasteiger partial charge in [0.15, 0.2) is 12.6 Å². The van der Waals surface area contributed by atoms with Crippen LogP contribution in [0.1, 0.15) is 54.4 Å². The number of carbonyl (C=O) groups excluding carboxylic acids is 2. The van der Waals surface area contributed by atoms with Crippen molar-refractivity contribution >= 4 is 12.6 Å².